The number of Topliss-reactive ketones (excluding diaryl/α,β-unsaturated/α-hetero) is 1. The Balaban J connectivity index is 1.98. The fraction of sp³-hybridized carbons (Fsp3) is 0.308. The van der Waals surface area contributed by atoms with Gasteiger partial charge >= 0.3 is 0 Å². The molecule has 0 bridgehead atoms. The van der Waals surface area contributed by atoms with Gasteiger partial charge in [-0.1, -0.05) is 18.2 Å². The van der Waals surface area contributed by atoms with Gasteiger partial charge in [0.15, 0.2) is 5.78 Å². The van der Waals surface area contributed by atoms with Crippen molar-refractivity contribution in [3.63, 3.8) is 0 Å². The molecule has 2 heteroatoms. The summed E-state index contributed by atoms with van der Waals surface area (Å²) in [7, 11) is 0. The van der Waals surface area contributed by atoms with Crippen LogP contribution in [0.3, 0.4) is 0 Å². The lowest BCUT2D eigenvalue weighted by atomic mass is 10.1. The summed E-state index contributed by atoms with van der Waals surface area (Å²) in [4.78, 5) is 12.0. The van der Waals surface area contributed by atoms with Crippen molar-refractivity contribution in [1.82, 2.24) is 0 Å². The maximum atomic E-state index is 12.0. The molecule has 1 nitrogen and oxygen atoms in total. The quantitative estimate of drug-likeness (QED) is 0.711. The maximum Gasteiger partial charge on any atom is 0.164 e. The van der Waals surface area contributed by atoms with Gasteiger partial charge in [0, 0.05) is 27.5 Å². The molecule has 0 amide bonds. The number of benzene rings is 1. The lowest BCUT2D eigenvalue weighted by molar-refractivity contribution is 0.0978. The molecular weight excluding hydrogens is 204 g/mol. The van der Waals surface area contributed by atoms with E-state index in [1.165, 1.54) is 17.5 Å². The smallest absolute Gasteiger partial charge is 0.164 e. The third kappa shape index (κ3) is 1.70. The van der Waals surface area contributed by atoms with Gasteiger partial charge < -0.3 is 0 Å². The average Bonchev–Trinajstić information content (AvgIpc) is 2.96. The highest BCUT2D eigenvalue weighted by Crippen LogP contribution is 2.35. The largest absolute Gasteiger partial charge is 0.294 e. The van der Waals surface area contributed by atoms with Crippen LogP contribution in [0.25, 0.3) is 10.1 Å². The molecule has 0 N–H and O–H groups in total. The topological polar surface area (TPSA) is 17.1 Å². The van der Waals surface area contributed by atoms with Crippen molar-refractivity contribution in [3.05, 3.63) is 35.2 Å². The Morgan fingerprint density at radius 3 is 2.93 bits per heavy atom. The molecule has 1 saturated carbocycles. The summed E-state index contributed by atoms with van der Waals surface area (Å²) in [5.41, 5.74) is 0.933. The summed E-state index contributed by atoms with van der Waals surface area (Å²) in [6.45, 7) is 0. The van der Waals surface area contributed by atoms with E-state index in [1.807, 2.05) is 23.6 Å². The molecule has 1 aliphatic rings. The molecule has 0 atom stereocenters. The van der Waals surface area contributed by atoms with Crippen molar-refractivity contribution in [1.29, 1.82) is 0 Å². The van der Waals surface area contributed by atoms with Gasteiger partial charge in [-0.3, -0.25) is 4.79 Å². The number of fused-ring (bicyclic) bond motifs is 1. The van der Waals surface area contributed by atoms with Crippen LogP contribution in [0.5, 0.6) is 0 Å². The number of carbonyl (C=O) groups is 1. The fourth-order valence-electron chi connectivity index (χ4n) is 1.89. The molecule has 1 aliphatic carbocycles. The molecule has 1 aromatic heterocycles. The van der Waals surface area contributed by atoms with Crippen molar-refractivity contribution in [2.45, 2.75) is 19.3 Å². The summed E-state index contributed by atoms with van der Waals surface area (Å²) < 4.78 is 1.22. The lowest BCUT2D eigenvalue weighted by Crippen LogP contribution is -1.98. The van der Waals surface area contributed by atoms with Gasteiger partial charge in [0.25, 0.3) is 0 Å². The minimum absolute atomic E-state index is 0.329. The fourth-order valence-corrected chi connectivity index (χ4v) is 2.85. The molecule has 0 saturated heterocycles. The first-order chi connectivity index (χ1) is 7.34. The number of thiophene rings is 1. The predicted octanol–water partition coefficient (Wildman–Crippen LogP) is 3.88. The molecule has 0 aliphatic heterocycles. The van der Waals surface area contributed by atoms with E-state index in [-0.39, 0.29) is 0 Å². The molecule has 1 heterocycles. The van der Waals surface area contributed by atoms with Crippen LogP contribution in [0.15, 0.2) is 29.6 Å². The van der Waals surface area contributed by atoms with Crippen LogP contribution in [0.4, 0.5) is 0 Å². The van der Waals surface area contributed by atoms with Gasteiger partial charge in [-0.25, -0.2) is 0 Å². The highest BCUT2D eigenvalue weighted by molar-refractivity contribution is 7.17. The Morgan fingerprint density at radius 2 is 2.13 bits per heavy atom. The van der Waals surface area contributed by atoms with E-state index in [9.17, 15) is 4.79 Å². The van der Waals surface area contributed by atoms with Crippen molar-refractivity contribution in [3.8, 4) is 0 Å². The molecule has 1 aromatic carbocycles. The Hall–Kier alpha value is -1.15. The molecule has 15 heavy (non-hydrogen) atoms. The number of ketones is 1. The molecular formula is C13H12OS. The van der Waals surface area contributed by atoms with E-state index < -0.39 is 0 Å². The van der Waals surface area contributed by atoms with Crippen molar-refractivity contribution >= 4 is 27.2 Å². The van der Waals surface area contributed by atoms with E-state index in [4.69, 9.17) is 0 Å². The van der Waals surface area contributed by atoms with Crippen LogP contribution in [0, 0.1) is 5.92 Å². The van der Waals surface area contributed by atoms with Gasteiger partial charge in [-0.2, -0.15) is 0 Å². The van der Waals surface area contributed by atoms with Crippen molar-refractivity contribution in [2.24, 2.45) is 5.92 Å². The SMILES string of the molecule is O=C(CC1CC1)c1csc2ccccc12. The highest BCUT2D eigenvalue weighted by atomic mass is 32.1. The monoisotopic (exact) mass is 216 g/mol. The zero-order valence-electron chi connectivity index (χ0n) is 8.40. The van der Waals surface area contributed by atoms with E-state index in [1.54, 1.807) is 11.3 Å². The molecule has 1 fully saturated rings. The normalized spacial score (nSPS) is 15.7. The maximum absolute atomic E-state index is 12.0. The second kappa shape index (κ2) is 3.46. The Bertz CT molecular complexity index is 508. The van der Waals surface area contributed by atoms with Gasteiger partial charge in [-0.05, 0) is 24.8 Å². The van der Waals surface area contributed by atoms with Gasteiger partial charge in [0.05, 0.1) is 0 Å². The first kappa shape index (κ1) is 9.10. The molecule has 0 radical (unpaired) electrons. The van der Waals surface area contributed by atoms with Gasteiger partial charge in [-0.15, -0.1) is 11.3 Å². The van der Waals surface area contributed by atoms with E-state index >= 15 is 0 Å². The summed E-state index contributed by atoms with van der Waals surface area (Å²) in [6, 6.07) is 8.15. The summed E-state index contributed by atoms with van der Waals surface area (Å²) >= 11 is 1.67. The standard InChI is InChI=1S/C13H12OS/c14-12(7-9-5-6-9)11-8-15-13-4-2-1-3-10(11)13/h1-4,8-9H,5-7H2. The Kier molecular flexibility index (Phi) is 2.10. The zero-order valence-corrected chi connectivity index (χ0v) is 9.22. The molecule has 3 rings (SSSR count). The van der Waals surface area contributed by atoms with Crippen LogP contribution in [0.1, 0.15) is 29.6 Å². The van der Waals surface area contributed by atoms with Crippen molar-refractivity contribution in [2.75, 3.05) is 0 Å². The highest BCUT2D eigenvalue weighted by Gasteiger charge is 2.25. The summed E-state index contributed by atoms with van der Waals surface area (Å²) in [6.07, 6.45) is 3.24. The minimum atomic E-state index is 0.329. The third-order valence-electron chi connectivity index (χ3n) is 2.95. The Morgan fingerprint density at radius 1 is 1.33 bits per heavy atom. The minimum Gasteiger partial charge on any atom is -0.294 e. The van der Waals surface area contributed by atoms with Crippen LogP contribution in [-0.2, 0) is 0 Å². The molecule has 2 aromatic rings. The van der Waals surface area contributed by atoms with Crippen LogP contribution >= 0.6 is 11.3 Å². The lowest BCUT2D eigenvalue weighted by Gasteiger charge is -1.97. The number of hydrogen-bond acceptors (Lipinski definition) is 2. The van der Waals surface area contributed by atoms with Crippen LogP contribution in [0.2, 0.25) is 0 Å². The predicted molar refractivity (Wildman–Crippen MR) is 63.5 cm³/mol. The molecule has 0 spiro atoms. The van der Waals surface area contributed by atoms with Gasteiger partial charge in [0.1, 0.15) is 0 Å². The summed E-state index contributed by atoms with van der Waals surface area (Å²) in [5, 5.41) is 3.14. The van der Waals surface area contributed by atoms with E-state index in [2.05, 4.69) is 6.07 Å². The second-order valence-corrected chi connectivity index (χ2v) is 5.13. The van der Waals surface area contributed by atoms with Crippen LogP contribution < -0.4 is 0 Å². The number of carbonyl (C=O) groups excluding carboxylic acids is 1. The van der Waals surface area contributed by atoms with Crippen LogP contribution in [-0.4, -0.2) is 5.78 Å². The van der Waals surface area contributed by atoms with Crippen molar-refractivity contribution < 1.29 is 4.79 Å². The van der Waals surface area contributed by atoms with E-state index in [0.717, 1.165) is 17.4 Å². The first-order valence-electron chi connectivity index (χ1n) is 5.34. The second-order valence-electron chi connectivity index (χ2n) is 4.22. The zero-order chi connectivity index (χ0) is 10.3. The Labute approximate surface area is 92.7 Å². The molecule has 76 valence electrons. The van der Waals surface area contributed by atoms with Gasteiger partial charge in [0.2, 0.25) is 0 Å². The number of hydrogen-bond donors (Lipinski definition) is 0. The first-order valence-corrected chi connectivity index (χ1v) is 6.22. The molecule has 0 unspecified atom stereocenters. The third-order valence-corrected chi connectivity index (χ3v) is 3.92. The van der Waals surface area contributed by atoms with E-state index in [0.29, 0.717) is 11.7 Å². The average molecular weight is 216 g/mol. The summed E-state index contributed by atoms with van der Waals surface area (Å²) in [5.74, 6) is 1.01. The number of rotatable bonds is 3.